The van der Waals surface area contributed by atoms with E-state index in [0.717, 1.165) is 25.3 Å². The maximum Gasteiger partial charge on any atom is 0.123 e. The fourth-order valence-corrected chi connectivity index (χ4v) is 1.97. The summed E-state index contributed by atoms with van der Waals surface area (Å²) in [5.41, 5.74) is 1.19. The highest BCUT2D eigenvalue weighted by molar-refractivity contribution is 5.37. The second-order valence-electron chi connectivity index (χ2n) is 5.15. The molecular weight excluding hydrogens is 214 g/mol. The molecule has 1 atom stereocenters. The zero-order valence-electron chi connectivity index (χ0n) is 10.8. The molecule has 0 spiro atoms. The number of hydrogen-bond donors (Lipinski definition) is 1. The summed E-state index contributed by atoms with van der Waals surface area (Å²) in [5, 5.41) is 3.40. The lowest BCUT2D eigenvalue weighted by atomic mass is 10.1. The summed E-state index contributed by atoms with van der Waals surface area (Å²) in [6.07, 6.45) is 1.25. The van der Waals surface area contributed by atoms with Crippen molar-refractivity contribution >= 4 is 0 Å². The van der Waals surface area contributed by atoms with Crippen LogP contribution in [0.3, 0.4) is 0 Å². The van der Waals surface area contributed by atoms with Gasteiger partial charge in [-0.2, -0.15) is 0 Å². The van der Waals surface area contributed by atoms with E-state index in [9.17, 15) is 0 Å². The third-order valence-corrected chi connectivity index (χ3v) is 3.19. The van der Waals surface area contributed by atoms with Gasteiger partial charge < -0.3 is 14.8 Å². The van der Waals surface area contributed by atoms with Crippen LogP contribution in [0.4, 0.5) is 0 Å². The van der Waals surface area contributed by atoms with E-state index in [1.165, 1.54) is 5.56 Å². The third-order valence-electron chi connectivity index (χ3n) is 3.19. The molecule has 0 saturated heterocycles. The number of ether oxygens (including phenoxy) is 2. The van der Waals surface area contributed by atoms with Gasteiger partial charge in [0.2, 0.25) is 0 Å². The quantitative estimate of drug-likeness (QED) is 0.847. The molecule has 1 heterocycles. The molecule has 0 aromatic heterocycles. The Morgan fingerprint density at radius 1 is 1.41 bits per heavy atom. The summed E-state index contributed by atoms with van der Waals surface area (Å²) in [6, 6.07) is 8.25. The van der Waals surface area contributed by atoms with Gasteiger partial charge in [-0.3, -0.25) is 0 Å². The standard InChI is InChI=1S/C14H21NO2/c1-14(2,16-3)10-15-9-12-8-11-6-4-5-7-13(11)17-12/h4-7,12,15H,8-10H2,1-3H3. The Bertz CT molecular complexity index is 351. The van der Waals surface area contributed by atoms with Crippen molar-refractivity contribution in [1.82, 2.24) is 5.32 Å². The van der Waals surface area contributed by atoms with E-state index in [1.807, 2.05) is 12.1 Å². The number of hydrogen-bond acceptors (Lipinski definition) is 3. The smallest absolute Gasteiger partial charge is 0.123 e. The van der Waals surface area contributed by atoms with Gasteiger partial charge in [0.25, 0.3) is 0 Å². The Balaban J connectivity index is 1.77. The molecule has 1 aliphatic heterocycles. The molecule has 3 heteroatoms. The maximum absolute atomic E-state index is 5.85. The highest BCUT2D eigenvalue weighted by Gasteiger charge is 2.23. The van der Waals surface area contributed by atoms with E-state index in [1.54, 1.807) is 7.11 Å². The number of benzene rings is 1. The van der Waals surface area contributed by atoms with Crippen LogP contribution in [0.15, 0.2) is 24.3 Å². The first-order chi connectivity index (χ1) is 8.11. The first kappa shape index (κ1) is 12.4. The zero-order chi connectivity index (χ0) is 12.3. The van der Waals surface area contributed by atoms with E-state index in [0.29, 0.717) is 0 Å². The summed E-state index contributed by atoms with van der Waals surface area (Å²) in [7, 11) is 1.74. The van der Waals surface area contributed by atoms with Crippen LogP contribution in [0.25, 0.3) is 0 Å². The molecule has 94 valence electrons. The second-order valence-corrected chi connectivity index (χ2v) is 5.15. The first-order valence-corrected chi connectivity index (χ1v) is 6.11. The third kappa shape index (κ3) is 3.20. The number of fused-ring (bicyclic) bond motifs is 1. The van der Waals surface area contributed by atoms with Crippen molar-refractivity contribution < 1.29 is 9.47 Å². The van der Waals surface area contributed by atoms with Crippen LogP contribution in [-0.2, 0) is 11.2 Å². The minimum Gasteiger partial charge on any atom is -0.488 e. The SMILES string of the molecule is COC(C)(C)CNCC1Cc2ccccc2O1. The van der Waals surface area contributed by atoms with Crippen molar-refractivity contribution in [3.8, 4) is 5.75 Å². The lowest BCUT2D eigenvalue weighted by Crippen LogP contribution is -2.40. The van der Waals surface area contributed by atoms with Crippen LogP contribution in [0, 0.1) is 0 Å². The van der Waals surface area contributed by atoms with Crippen molar-refractivity contribution in [1.29, 1.82) is 0 Å². The Kier molecular flexibility index (Phi) is 3.69. The fourth-order valence-electron chi connectivity index (χ4n) is 1.97. The number of methoxy groups -OCH3 is 1. The summed E-state index contributed by atoms with van der Waals surface area (Å²) in [4.78, 5) is 0. The van der Waals surface area contributed by atoms with Crippen LogP contribution in [-0.4, -0.2) is 31.9 Å². The molecule has 1 aliphatic rings. The van der Waals surface area contributed by atoms with E-state index in [2.05, 4.69) is 31.3 Å². The van der Waals surface area contributed by atoms with Gasteiger partial charge >= 0.3 is 0 Å². The molecule has 1 unspecified atom stereocenters. The summed E-state index contributed by atoms with van der Waals surface area (Å²) < 4.78 is 11.2. The maximum atomic E-state index is 5.85. The normalized spacial score (nSPS) is 18.9. The average molecular weight is 235 g/mol. The molecule has 0 saturated carbocycles. The molecule has 2 rings (SSSR count). The van der Waals surface area contributed by atoms with E-state index < -0.39 is 0 Å². The molecule has 0 bridgehead atoms. The molecule has 0 aliphatic carbocycles. The van der Waals surface area contributed by atoms with Crippen molar-refractivity contribution in [3.63, 3.8) is 0 Å². The first-order valence-electron chi connectivity index (χ1n) is 6.11. The molecular formula is C14H21NO2. The minimum absolute atomic E-state index is 0.120. The molecule has 1 aromatic carbocycles. The van der Waals surface area contributed by atoms with E-state index in [4.69, 9.17) is 9.47 Å². The summed E-state index contributed by atoms with van der Waals surface area (Å²) in [5.74, 6) is 1.03. The van der Waals surface area contributed by atoms with Gasteiger partial charge in [0, 0.05) is 26.6 Å². The average Bonchev–Trinajstić information content (AvgIpc) is 2.71. The highest BCUT2D eigenvalue weighted by Crippen LogP contribution is 2.27. The van der Waals surface area contributed by atoms with Crippen molar-refractivity contribution in [2.75, 3.05) is 20.2 Å². The van der Waals surface area contributed by atoms with Crippen LogP contribution < -0.4 is 10.1 Å². The lowest BCUT2D eigenvalue weighted by molar-refractivity contribution is 0.0217. The van der Waals surface area contributed by atoms with Gasteiger partial charge in [0.05, 0.1) is 5.60 Å². The molecule has 17 heavy (non-hydrogen) atoms. The van der Waals surface area contributed by atoms with Crippen LogP contribution in [0.1, 0.15) is 19.4 Å². The summed E-state index contributed by atoms with van der Waals surface area (Å²) >= 11 is 0. The number of para-hydroxylation sites is 1. The monoisotopic (exact) mass is 235 g/mol. The Hall–Kier alpha value is -1.06. The largest absolute Gasteiger partial charge is 0.488 e. The number of rotatable bonds is 5. The topological polar surface area (TPSA) is 30.5 Å². The highest BCUT2D eigenvalue weighted by atomic mass is 16.5. The molecule has 0 radical (unpaired) electrons. The predicted molar refractivity (Wildman–Crippen MR) is 68.5 cm³/mol. The Labute approximate surface area is 103 Å². The van der Waals surface area contributed by atoms with Gasteiger partial charge in [0.15, 0.2) is 0 Å². The predicted octanol–water partition coefficient (Wildman–Crippen LogP) is 2.00. The van der Waals surface area contributed by atoms with Crippen LogP contribution in [0.5, 0.6) is 5.75 Å². The van der Waals surface area contributed by atoms with Crippen molar-refractivity contribution in [2.24, 2.45) is 0 Å². The molecule has 1 N–H and O–H groups in total. The molecule has 0 amide bonds. The van der Waals surface area contributed by atoms with Crippen molar-refractivity contribution in [2.45, 2.75) is 32.0 Å². The zero-order valence-corrected chi connectivity index (χ0v) is 10.8. The Morgan fingerprint density at radius 2 is 2.18 bits per heavy atom. The van der Waals surface area contributed by atoms with Gasteiger partial charge in [-0.15, -0.1) is 0 Å². The van der Waals surface area contributed by atoms with E-state index >= 15 is 0 Å². The molecule has 0 fully saturated rings. The van der Waals surface area contributed by atoms with Gasteiger partial charge in [0.1, 0.15) is 11.9 Å². The molecule has 1 aromatic rings. The van der Waals surface area contributed by atoms with Crippen LogP contribution >= 0.6 is 0 Å². The van der Waals surface area contributed by atoms with E-state index in [-0.39, 0.29) is 11.7 Å². The van der Waals surface area contributed by atoms with Gasteiger partial charge in [-0.05, 0) is 25.5 Å². The number of nitrogens with one attached hydrogen (secondary N) is 1. The van der Waals surface area contributed by atoms with Crippen molar-refractivity contribution in [3.05, 3.63) is 29.8 Å². The lowest BCUT2D eigenvalue weighted by Gasteiger charge is -2.24. The van der Waals surface area contributed by atoms with Gasteiger partial charge in [-0.1, -0.05) is 18.2 Å². The van der Waals surface area contributed by atoms with Gasteiger partial charge in [-0.25, -0.2) is 0 Å². The molecule has 3 nitrogen and oxygen atoms in total. The van der Waals surface area contributed by atoms with Crippen LogP contribution in [0.2, 0.25) is 0 Å². The minimum atomic E-state index is -0.120. The Morgan fingerprint density at radius 3 is 2.88 bits per heavy atom. The second kappa shape index (κ2) is 5.07. The summed E-state index contributed by atoms with van der Waals surface area (Å²) in [6.45, 7) is 5.84. The fraction of sp³-hybridized carbons (Fsp3) is 0.571.